The number of carbonyl (C=O) groups excluding carboxylic acids is 1. The molecule has 0 bridgehead atoms. The predicted octanol–water partition coefficient (Wildman–Crippen LogP) is 1.89. The summed E-state index contributed by atoms with van der Waals surface area (Å²) < 4.78 is 4.93. The lowest BCUT2D eigenvalue weighted by Gasteiger charge is -2.01. The molecule has 86 valence electrons. The van der Waals surface area contributed by atoms with Crippen LogP contribution in [0.25, 0.3) is 6.08 Å². The summed E-state index contributed by atoms with van der Waals surface area (Å²) in [5, 5.41) is 3.11. The van der Waals surface area contributed by atoms with Crippen LogP contribution in [0.5, 0.6) is 5.88 Å². The molecule has 0 aliphatic carbocycles. The van der Waals surface area contributed by atoms with E-state index in [-0.39, 0.29) is 5.91 Å². The molecule has 1 heterocycles. The molecule has 0 fully saturated rings. The van der Waals surface area contributed by atoms with E-state index in [1.807, 2.05) is 12.2 Å². The Balaban J connectivity index is 2.61. The van der Waals surface area contributed by atoms with Gasteiger partial charge in [-0.25, -0.2) is 4.98 Å². The lowest BCUT2D eigenvalue weighted by atomic mass is 10.2. The van der Waals surface area contributed by atoms with Crippen LogP contribution in [0.1, 0.15) is 12.5 Å². The number of pyridine rings is 1. The zero-order chi connectivity index (χ0) is 12.0. The Bertz CT molecular complexity index is 405. The number of aromatic nitrogens is 1. The molecule has 0 unspecified atom stereocenters. The minimum absolute atomic E-state index is 0.0597. The number of methoxy groups -OCH3 is 1. The second-order valence-electron chi connectivity index (χ2n) is 3.10. The summed E-state index contributed by atoms with van der Waals surface area (Å²) >= 11 is 5.90. The van der Waals surface area contributed by atoms with Gasteiger partial charge in [-0.3, -0.25) is 4.79 Å². The summed E-state index contributed by atoms with van der Waals surface area (Å²) in [5.74, 6) is 0.344. The van der Waals surface area contributed by atoms with Gasteiger partial charge in [0.25, 0.3) is 0 Å². The molecule has 0 saturated carbocycles. The molecule has 16 heavy (non-hydrogen) atoms. The number of nitrogens with zero attached hydrogens (tertiary/aromatic N) is 1. The fourth-order valence-electron chi connectivity index (χ4n) is 1.08. The van der Waals surface area contributed by atoms with E-state index in [4.69, 9.17) is 16.3 Å². The second-order valence-corrected chi connectivity index (χ2v) is 3.51. The van der Waals surface area contributed by atoms with Gasteiger partial charge >= 0.3 is 0 Å². The van der Waals surface area contributed by atoms with E-state index in [1.54, 1.807) is 12.3 Å². The van der Waals surface area contributed by atoms with Crippen molar-refractivity contribution in [2.75, 3.05) is 13.7 Å². The number of amides is 1. The molecule has 1 aromatic heterocycles. The van der Waals surface area contributed by atoms with Gasteiger partial charge in [0, 0.05) is 19.7 Å². The Morgan fingerprint density at radius 1 is 1.69 bits per heavy atom. The van der Waals surface area contributed by atoms with E-state index in [9.17, 15) is 4.79 Å². The van der Waals surface area contributed by atoms with Crippen LogP contribution in [0, 0.1) is 0 Å². The number of halogens is 1. The number of nitrogens with one attached hydrogen (secondary N) is 1. The smallest absolute Gasteiger partial charge is 0.232 e. The van der Waals surface area contributed by atoms with Gasteiger partial charge in [-0.2, -0.15) is 0 Å². The third kappa shape index (κ3) is 3.90. The SMILES string of the molecule is COc1ncc(C=CCNC(C)=O)cc1Cl. The minimum Gasteiger partial charge on any atom is -0.480 e. The average molecular weight is 241 g/mol. The highest BCUT2D eigenvalue weighted by Crippen LogP contribution is 2.22. The monoisotopic (exact) mass is 240 g/mol. The highest BCUT2D eigenvalue weighted by Gasteiger charge is 2.00. The Labute approximate surface area is 99.3 Å². The van der Waals surface area contributed by atoms with Crippen LogP contribution in [0.15, 0.2) is 18.3 Å². The maximum atomic E-state index is 10.6. The van der Waals surface area contributed by atoms with Crippen molar-refractivity contribution >= 4 is 23.6 Å². The predicted molar refractivity (Wildman–Crippen MR) is 63.5 cm³/mol. The normalized spacial score (nSPS) is 10.4. The number of rotatable bonds is 4. The van der Waals surface area contributed by atoms with Crippen molar-refractivity contribution in [1.82, 2.24) is 10.3 Å². The minimum atomic E-state index is -0.0597. The van der Waals surface area contributed by atoms with E-state index < -0.39 is 0 Å². The fourth-order valence-corrected chi connectivity index (χ4v) is 1.33. The summed E-state index contributed by atoms with van der Waals surface area (Å²) in [6.07, 6.45) is 5.30. The van der Waals surface area contributed by atoms with Gasteiger partial charge in [-0.15, -0.1) is 0 Å². The first-order valence-electron chi connectivity index (χ1n) is 4.74. The van der Waals surface area contributed by atoms with Gasteiger partial charge < -0.3 is 10.1 Å². The standard InChI is InChI=1S/C11H13ClN2O2/c1-8(15)13-5-3-4-9-6-10(12)11(16-2)14-7-9/h3-4,6-7H,5H2,1-2H3,(H,13,15). The molecule has 0 radical (unpaired) electrons. The number of hydrogen-bond donors (Lipinski definition) is 1. The highest BCUT2D eigenvalue weighted by atomic mass is 35.5. The Morgan fingerprint density at radius 2 is 2.44 bits per heavy atom. The molecule has 5 heteroatoms. The summed E-state index contributed by atoms with van der Waals surface area (Å²) in [6.45, 7) is 1.96. The summed E-state index contributed by atoms with van der Waals surface area (Å²) in [6, 6.07) is 1.75. The van der Waals surface area contributed by atoms with Crippen molar-refractivity contribution in [3.63, 3.8) is 0 Å². The fraction of sp³-hybridized carbons (Fsp3) is 0.273. The largest absolute Gasteiger partial charge is 0.480 e. The molecule has 1 rings (SSSR count). The van der Waals surface area contributed by atoms with Gasteiger partial charge in [0.05, 0.1) is 7.11 Å². The first-order valence-corrected chi connectivity index (χ1v) is 5.12. The molecular formula is C11H13ClN2O2. The molecule has 0 aromatic carbocycles. The first-order chi connectivity index (χ1) is 7.63. The molecule has 1 N–H and O–H groups in total. The van der Waals surface area contributed by atoms with Crippen molar-refractivity contribution in [2.45, 2.75) is 6.92 Å². The van der Waals surface area contributed by atoms with Crippen LogP contribution in [-0.4, -0.2) is 24.5 Å². The van der Waals surface area contributed by atoms with Crippen LogP contribution in [-0.2, 0) is 4.79 Å². The van der Waals surface area contributed by atoms with Gasteiger partial charge in [0.2, 0.25) is 11.8 Å². The molecule has 0 aliphatic heterocycles. The number of hydrogen-bond acceptors (Lipinski definition) is 3. The van der Waals surface area contributed by atoms with Gasteiger partial charge in [0.15, 0.2) is 0 Å². The quantitative estimate of drug-likeness (QED) is 0.875. The van der Waals surface area contributed by atoms with Crippen LogP contribution < -0.4 is 10.1 Å². The van der Waals surface area contributed by atoms with Gasteiger partial charge in [0.1, 0.15) is 5.02 Å². The van der Waals surface area contributed by atoms with E-state index in [0.29, 0.717) is 17.4 Å². The molecule has 4 nitrogen and oxygen atoms in total. The first kappa shape index (κ1) is 12.5. The zero-order valence-corrected chi connectivity index (χ0v) is 9.91. The van der Waals surface area contributed by atoms with E-state index in [0.717, 1.165) is 5.56 Å². The summed E-state index contributed by atoms with van der Waals surface area (Å²) in [7, 11) is 1.51. The Kier molecular flexibility index (Phi) is 4.79. The average Bonchev–Trinajstić information content (AvgIpc) is 2.24. The van der Waals surface area contributed by atoms with E-state index >= 15 is 0 Å². The van der Waals surface area contributed by atoms with Crippen LogP contribution in [0.2, 0.25) is 5.02 Å². The van der Waals surface area contributed by atoms with Crippen molar-refractivity contribution < 1.29 is 9.53 Å². The Hall–Kier alpha value is -1.55. The van der Waals surface area contributed by atoms with Crippen molar-refractivity contribution in [1.29, 1.82) is 0 Å². The topological polar surface area (TPSA) is 51.2 Å². The van der Waals surface area contributed by atoms with E-state index in [1.165, 1.54) is 14.0 Å². The third-order valence-electron chi connectivity index (χ3n) is 1.80. The lowest BCUT2D eigenvalue weighted by Crippen LogP contribution is -2.19. The van der Waals surface area contributed by atoms with Crippen LogP contribution in [0.4, 0.5) is 0 Å². The maximum Gasteiger partial charge on any atom is 0.232 e. The van der Waals surface area contributed by atoms with E-state index in [2.05, 4.69) is 10.3 Å². The zero-order valence-electron chi connectivity index (χ0n) is 9.16. The number of carbonyl (C=O) groups is 1. The maximum absolute atomic E-state index is 10.6. The second kappa shape index (κ2) is 6.12. The molecule has 0 aliphatic rings. The molecular weight excluding hydrogens is 228 g/mol. The summed E-state index contributed by atoms with van der Waals surface area (Å²) in [4.78, 5) is 14.6. The molecule has 0 atom stereocenters. The van der Waals surface area contributed by atoms with Crippen LogP contribution >= 0.6 is 11.6 Å². The summed E-state index contributed by atoms with van der Waals surface area (Å²) in [5.41, 5.74) is 0.858. The van der Waals surface area contributed by atoms with Gasteiger partial charge in [-0.1, -0.05) is 23.8 Å². The molecule has 1 amide bonds. The molecule has 0 spiro atoms. The van der Waals surface area contributed by atoms with Crippen molar-refractivity contribution in [3.05, 3.63) is 28.9 Å². The lowest BCUT2D eigenvalue weighted by molar-refractivity contribution is -0.118. The number of ether oxygens (including phenoxy) is 1. The highest BCUT2D eigenvalue weighted by molar-refractivity contribution is 6.31. The van der Waals surface area contributed by atoms with Crippen LogP contribution in [0.3, 0.4) is 0 Å². The third-order valence-corrected chi connectivity index (χ3v) is 2.07. The van der Waals surface area contributed by atoms with Crippen molar-refractivity contribution in [2.24, 2.45) is 0 Å². The van der Waals surface area contributed by atoms with Gasteiger partial charge in [-0.05, 0) is 11.6 Å². The van der Waals surface area contributed by atoms with Crippen molar-refractivity contribution in [3.8, 4) is 5.88 Å². The molecule has 1 aromatic rings. The Morgan fingerprint density at radius 3 is 3.00 bits per heavy atom. The molecule has 0 saturated heterocycles.